The first kappa shape index (κ1) is 18.4. The number of aromatic nitrogens is 1. The zero-order chi connectivity index (χ0) is 19.8. The summed E-state index contributed by atoms with van der Waals surface area (Å²) in [6, 6.07) is 10.5. The van der Waals surface area contributed by atoms with E-state index in [-0.39, 0.29) is 11.8 Å². The van der Waals surface area contributed by atoms with Gasteiger partial charge < -0.3 is 15.5 Å². The number of piperazine rings is 1. The van der Waals surface area contributed by atoms with E-state index in [4.69, 9.17) is 4.98 Å². The molecule has 0 bridgehead atoms. The third kappa shape index (κ3) is 4.34. The van der Waals surface area contributed by atoms with Crippen LogP contribution in [0.1, 0.15) is 36.0 Å². The third-order valence-electron chi connectivity index (χ3n) is 5.87. The van der Waals surface area contributed by atoms with Gasteiger partial charge in [0, 0.05) is 43.6 Å². The number of carbonyl (C=O) groups is 2. The number of nitrogens with one attached hydrogen (secondary N) is 2. The molecular formula is C22H27N5O2. The van der Waals surface area contributed by atoms with Gasteiger partial charge in [0.25, 0.3) is 5.91 Å². The molecule has 0 atom stereocenters. The molecule has 0 spiro atoms. The highest BCUT2D eigenvalue weighted by Crippen LogP contribution is 2.26. The number of pyridine rings is 1. The smallest absolute Gasteiger partial charge is 0.252 e. The van der Waals surface area contributed by atoms with E-state index in [1.165, 1.54) is 0 Å². The van der Waals surface area contributed by atoms with E-state index in [1.54, 1.807) is 0 Å². The van der Waals surface area contributed by atoms with Crippen LogP contribution in [-0.2, 0) is 4.79 Å². The third-order valence-corrected chi connectivity index (χ3v) is 5.87. The van der Waals surface area contributed by atoms with Crippen LogP contribution in [0.5, 0.6) is 0 Å². The second kappa shape index (κ2) is 7.63. The molecule has 1 saturated heterocycles. The van der Waals surface area contributed by atoms with Gasteiger partial charge in [0.15, 0.2) is 0 Å². The van der Waals surface area contributed by atoms with Gasteiger partial charge in [0.1, 0.15) is 5.82 Å². The monoisotopic (exact) mass is 393 g/mol. The molecule has 2 heterocycles. The van der Waals surface area contributed by atoms with Crippen molar-refractivity contribution in [3.8, 4) is 0 Å². The van der Waals surface area contributed by atoms with Crippen molar-refractivity contribution in [1.29, 1.82) is 0 Å². The molecule has 0 radical (unpaired) electrons. The van der Waals surface area contributed by atoms with Gasteiger partial charge in [-0.05, 0) is 37.8 Å². The molecule has 2 aliphatic carbocycles. The maximum atomic E-state index is 12.8. The molecule has 2 amide bonds. The van der Waals surface area contributed by atoms with Crippen LogP contribution in [0.4, 0.5) is 5.82 Å². The number of hydrogen-bond donors (Lipinski definition) is 2. The van der Waals surface area contributed by atoms with Crippen molar-refractivity contribution in [2.24, 2.45) is 0 Å². The Labute approximate surface area is 170 Å². The first-order valence-corrected chi connectivity index (χ1v) is 10.6. The average molecular weight is 393 g/mol. The number of fused-ring (bicyclic) bond motifs is 1. The summed E-state index contributed by atoms with van der Waals surface area (Å²) in [5.74, 6) is 0.957. The Morgan fingerprint density at radius 2 is 1.66 bits per heavy atom. The molecule has 3 aliphatic rings. The maximum absolute atomic E-state index is 12.8. The summed E-state index contributed by atoms with van der Waals surface area (Å²) in [6.45, 7) is 3.69. The summed E-state index contributed by atoms with van der Waals surface area (Å²) in [5, 5.41) is 7.05. The van der Waals surface area contributed by atoms with Crippen molar-refractivity contribution >= 4 is 28.5 Å². The SMILES string of the molecule is O=C(CN1CCN(c2cc(C(=O)NC3CC3)c3ccccc3n2)CC1)NC1CC1. The highest BCUT2D eigenvalue weighted by molar-refractivity contribution is 6.07. The second-order valence-electron chi connectivity index (χ2n) is 8.40. The zero-order valence-corrected chi connectivity index (χ0v) is 16.6. The normalized spacial score (nSPS) is 19.9. The standard InChI is InChI=1S/C22H27N5O2/c28-21(23-15-5-6-15)14-26-9-11-27(12-10-26)20-13-18(22(29)24-16-7-8-16)17-3-1-2-4-19(17)25-20/h1-4,13,15-16H,5-12,14H2,(H,23,28)(H,24,29). The molecule has 2 N–H and O–H groups in total. The Kier molecular flexibility index (Phi) is 4.83. The molecule has 1 aliphatic heterocycles. The van der Waals surface area contributed by atoms with E-state index in [9.17, 15) is 9.59 Å². The Bertz CT molecular complexity index is 930. The molecular weight excluding hydrogens is 366 g/mol. The number of amides is 2. The van der Waals surface area contributed by atoms with E-state index in [0.29, 0.717) is 24.2 Å². The van der Waals surface area contributed by atoms with Crippen molar-refractivity contribution in [3.05, 3.63) is 35.9 Å². The molecule has 2 aromatic rings. The van der Waals surface area contributed by atoms with E-state index in [0.717, 1.165) is 68.6 Å². The largest absolute Gasteiger partial charge is 0.354 e. The maximum Gasteiger partial charge on any atom is 0.252 e. The van der Waals surface area contributed by atoms with Gasteiger partial charge in [0.2, 0.25) is 5.91 Å². The summed E-state index contributed by atoms with van der Waals surface area (Å²) >= 11 is 0. The summed E-state index contributed by atoms with van der Waals surface area (Å²) in [5.41, 5.74) is 1.54. The van der Waals surface area contributed by atoms with Crippen LogP contribution in [0.15, 0.2) is 30.3 Å². The van der Waals surface area contributed by atoms with E-state index in [2.05, 4.69) is 20.4 Å². The van der Waals surface area contributed by atoms with Crippen LogP contribution in [-0.4, -0.2) is 66.5 Å². The molecule has 3 fully saturated rings. The molecule has 29 heavy (non-hydrogen) atoms. The molecule has 152 valence electrons. The summed E-state index contributed by atoms with van der Waals surface area (Å²) < 4.78 is 0. The number of para-hydroxylation sites is 1. The fourth-order valence-electron chi connectivity index (χ4n) is 3.84. The minimum atomic E-state index is -0.0114. The van der Waals surface area contributed by atoms with Gasteiger partial charge in [-0.2, -0.15) is 0 Å². The second-order valence-corrected chi connectivity index (χ2v) is 8.40. The van der Waals surface area contributed by atoms with Crippen LogP contribution in [0.3, 0.4) is 0 Å². The number of rotatable bonds is 6. The Morgan fingerprint density at radius 3 is 2.38 bits per heavy atom. The van der Waals surface area contributed by atoms with E-state index in [1.807, 2.05) is 30.3 Å². The van der Waals surface area contributed by atoms with Crippen LogP contribution in [0.25, 0.3) is 10.9 Å². The molecule has 1 aromatic carbocycles. The topological polar surface area (TPSA) is 77.6 Å². The number of carbonyl (C=O) groups excluding carboxylic acids is 2. The Morgan fingerprint density at radius 1 is 0.966 bits per heavy atom. The number of hydrogen-bond acceptors (Lipinski definition) is 5. The lowest BCUT2D eigenvalue weighted by Crippen LogP contribution is -2.50. The lowest BCUT2D eigenvalue weighted by Gasteiger charge is -2.35. The molecule has 2 saturated carbocycles. The minimum absolute atomic E-state index is 0.0114. The lowest BCUT2D eigenvalue weighted by molar-refractivity contribution is -0.122. The first-order chi connectivity index (χ1) is 14.2. The minimum Gasteiger partial charge on any atom is -0.354 e. The van der Waals surface area contributed by atoms with Crippen molar-refractivity contribution in [2.75, 3.05) is 37.6 Å². The zero-order valence-electron chi connectivity index (χ0n) is 16.6. The van der Waals surface area contributed by atoms with Crippen molar-refractivity contribution in [1.82, 2.24) is 20.5 Å². The lowest BCUT2D eigenvalue weighted by atomic mass is 10.1. The number of anilines is 1. The fraction of sp³-hybridized carbons (Fsp3) is 0.500. The molecule has 7 heteroatoms. The van der Waals surface area contributed by atoms with Crippen LogP contribution < -0.4 is 15.5 Å². The highest BCUT2D eigenvalue weighted by Gasteiger charge is 2.27. The molecule has 5 rings (SSSR count). The van der Waals surface area contributed by atoms with Gasteiger partial charge in [-0.3, -0.25) is 14.5 Å². The van der Waals surface area contributed by atoms with Gasteiger partial charge in [-0.15, -0.1) is 0 Å². The van der Waals surface area contributed by atoms with Crippen molar-refractivity contribution in [3.63, 3.8) is 0 Å². The summed E-state index contributed by atoms with van der Waals surface area (Å²) in [4.78, 5) is 34.1. The predicted molar refractivity (Wildman–Crippen MR) is 112 cm³/mol. The van der Waals surface area contributed by atoms with Crippen LogP contribution in [0, 0.1) is 0 Å². The average Bonchev–Trinajstić information content (AvgIpc) is 3.65. The van der Waals surface area contributed by atoms with Crippen LogP contribution in [0.2, 0.25) is 0 Å². The van der Waals surface area contributed by atoms with Crippen LogP contribution >= 0.6 is 0 Å². The molecule has 7 nitrogen and oxygen atoms in total. The van der Waals surface area contributed by atoms with Gasteiger partial charge >= 0.3 is 0 Å². The van der Waals surface area contributed by atoms with Crippen molar-refractivity contribution in [2.45, 2.75) is 37.8 Å². The van der Waals surface area contributed by atoms with E-state index < -0.39 is 0 Å². The highest BCUT2D eigenvalue weighted by atomic mass is 16.2. The first-order valence-electron chi connectivity index (χ1n) is 10.6. The summed E-state index contributed by atoms with van der Waals surface area (Å²) in [6.07, 6.45) is 4.36. The predicted octanol–water partition coefficient (Wildman–Crippen LogP) is 1.53. The summed E-state index contributed by atoms with van der Waals surface area (Å²) in [7, 11) is 0. The quantitative estimate of drug-likeness (QED) is 0.778. The number of benzene rings is 1. The van der Waals surface area contributed by atoms with Crippen molar-refractivity contribution < 1.29 is 9.59 Å². The van der Waals surface area contributed by atoms with E-state index >= 15 is 0 Å². The fourth-order valence-corrected chi connectivity index (χ4v) is 3.84. The molecule has 1 aromatic heterocycles. The van der Waals surface area contributed by atoms with Gasteiger partial charge in [-0.25, -0.2) is 4.98 Å². The van der Waals surface area contributed by atoms with Gasteiger partial charge in [-0.1, -0.05) is 18.2 Å². The van der Waals surface area contributed by atoms with Gasteiger partial charge in [0.05, 0.1) is 17.6 Å². The number of nitrogens with zero attached hydrogens (tertiary/aromatic N) is 3. The molecule has 0 unspecified atom stereocenters. The Hall–Kier alpha value is -2.67. The Balaban J connectivity index is 1.29.